The van der Waals surface area contributed by atoms with Crippen molar-refractivity contribution < 1.29 is 0 Å². The van der Waals surface area contributed by atoms with Crippen LogP contribution in [0.2, 0.25) is 0 Å². The van der Waals surface area contributed by atoms with Crippen LogP contribution in [0.4, 0.5) is 0 Å². The Morgan fingerprint density at radius 2 is 0.854 bits per heavy atom. The fraction of sp³-hybridized carbons (Fsp3) is 0.100. The summed E-state index contributed by atoms with van der Waals surface area (Å²) in [5.41, 5.74) is 16.3. The zero-order valence-corrected chi connectivity index (χ0v) is 25.2. The fourth-order valence-electron chi connectivity index (χ4n) is 6.79. The summed E-state index contributed by atoms with van der Waals surface area (Å²) in [7, 11) is 0. The summed E-state index contributed by atoms with van der Waals surface area (Å²) in [5.74, 6) is 0. The number of halogens is 1. The number of rotatable bonds is 4. The average molecular weight is 592 g/mol. The molecule has 0 aliphatic heterocycles. The molecular weight excluding hydrogens is 560 g/mol. The van der Waals surface area contributed by atoms with E-state index in [0.717, 1.165) is 4.47 Å². The van der Waals surface area contributed by atoms with Gasteiger partial charge in [0, 0.05) is 4.47 Å². The molecule has 0 saturated heterocycles. The van der Waals surface area contributed by atoms with E-state index in [1.54, 1.807) is 0 Å². The van der Waals surface area contributed by atoms with Gasteiger partial charge in [0.05, 0.1) is 5.41 Å². The summed E-state index contributed by atoms with van der Waals surface area (Å²) in [4.78, 5) is 0. The van der Waals surface area contributed by atoms with Crippen molar-refractivity contribution in [1.29, 1.82) is 0 Å². The van der Waals surface area contributed by atoms with Crippen LogP contribution in [-0.2, 0) is 5.41 Å². The minimum absolute atomic E-state index is 0.428. The van der Waals surface area contributed by atoms with Crippen LogP contribution in [0, 0.1) is 20.8 Å². The van der Waals surface area contributed by atoms with Gasteiger partial charge in [-0.05, 0) is 106 Å². The van der Waals surface area contributed by atoms with E-state index in [4.69, 9.17) is 0 Å². The van der Waals surface area contributed by atoms with Crippen molar-refractivity contribution in [1.82, 2.24) is 0 Å². The first-order valence-corrected chi connectivity index (χ1v) is 15.0. The van der Waals surface area contributed by atoms with Gasteiger partial charge in [-0.1, -0.05) is 137 Å². The highest BCUT2D eigenvalue weighted by Gasteiger charge is 2.47. The van der Waals surface area contributed by atoms with Gasteiger partial charge in [0.25, 0.3) is 0 Å². The zero-order valence-electron chi connectivity index (χ0n) is 23.6. The molecule has 0 unspecified atom stereocenters. The largest absolute Gasteiger partial charge is 0.0719 e. The maximum Gasteiger partial charge on any atom is 0.0719 e. The van der Waals surface area contributed by atoms with E-state index in [1.165, 1.54) is 72.3 Å². The molecule has 0 atom stereocenters. The predicted molar refractivity (Wildman–Crippen MR) is 177 cm³/mol. The molecule has 0 fully saturated rings. The third-order valence-electron chi connectivity index (χ3n) is 8.80. The number of fused-ring (bicyclic) bond motifs is 3. The normalized spacial score (nSPS) is 13.1. The van der Waals surface area contributed by atoms with Crippen molar-refractivity contribution >= 4 is 15.9 Å². The van der Waals surface area contributed by atoms with Gasteiger partial charge in [-0.25, -0.2) is 0 Å². The Bertz CT molecular complexity index is 1860. The highest BCUT2D eigenvalue weighted by Crippen LogP contribution is 2.58. The first-order valence-electron chi connectivity index (χ1n) is 14.2. The van der Waals surface area contributed by atoms with E-state index in [2.05, 4.69) is 170 Å². The van der Waals surface area contributed by atoms with Crippen LogP contribution in [0.25, 0.3) is 33.4 Å². The lowest BCUT2D eigenvalue weighted by molar-refractivity contribution is 0.754. The molecular formula is C40H31Br. The molecule has 1 heteroatoms. The van der Waals surface area contributed by atoms with E-state index in [1.807, 2.05) is 0 Å². The van der Waals surface area contributed by atoms with Crippen molar-refractivity contribution in [2.24, 2.45) is 0 Å². The summed E-state index contributed by atoms with van der Waals surface area (Å²) < 4.78 is 1.10. The zero-order chi connectivity index (χ0) is 28.1. The lowest BCUT2D eigenvalue weighted by Gasteiger charge is -2.36. The molecule has 7 rings (SSSR count). The van der Waals surface area contributed by atoms with Crippen molar-refractivity contribution in [3.63, 3.8) is 0 Å². The van der Waals surface area contributed by atoms with Crippen LogP contribution in [0.5, 0.6) is 0 Å². The third-order valence-corrected chi connectivity index (χ3v) is 9.29. The van der Waals surface area contributed by atoms with Gasteiger partial charge >= 0.3 is 0 Å². The summed E-state index contributed by atoms with van der Waals surface area (Å²) in [6.07, 6.45) is 0. The summed E-state index contributed by atoms with van der Waals surface area (Å²) >= 11 is 3.82. The maximum absolute atomic E-state index is 3.82. The molecule has 1 aliphatic rings. The second kappa shape index (κ2) is 10.0. The van der Waals surface area contributed by atoms with Crippen LogP contribution < -0.4 is 0 Å². The standard InChI is InChI=1S/C40H31Br/c1-26-12-14-29(15-13-26)30-16-18-31(19-17-30)32-20-22-34-35-23-21-33(41)25-39(35)40(38(34)24-32,36-10-6-4-8-27(36)2)37-11-7-5-9-28(37)3/h4-25H,1-3H3. The molecule has 0 aromatic heterocycles. The van der Waals surface area contributed by atoms with Crippen molar-refractivity contribution in [2.45, 2.75) is 26.2 Å². The summed E-state index contributed by atoms with van der Waals surface area (Å²) in [6.45, 7) is 6.63. The van der Waals surface area contributed by atoms with E-state index in [0.29, 0.717) is 0 Å². The molecule has 0 nitrogen and oxygen atoms in total. The number of hydrogen-bond donors (Lipinski definition) is 0. The van der Waals surface area contributed by atoms with E-state index in [9.17, 15) is 0 Å². The number of hydrogen-bond acceptors (Lipinski definition) is 0. The van der Waals surface area contributed by atoms with Crippen molar-refractivity contribution in [2.75, 3.05) is 0 Å². The Labute approximate surface area is 251 Å². The highest BCUT2D eigenvalue weighted by atomic mass is 79.9. The van der Waals surface area contributed by atoms with Crippen LogP contribution >= 0.6 is 15.9 Å². The highest BCUT2D eigenvalue weighted by molar-refractivity contribution is 9.10. The van der Waals surface area contributed by atoms with Crippen LogP contribution in [0.15, 0.2) is 138 Å². The molecule has 0 spiro atoms. The Balaban J connectivity index is 1.48. The summed E-state index contributed by atoms with van der Waals surface area (Å²) in [6, 6.07) is 49.5. The van der Waals surface area contributed by atoms with Crippen LogP contribution in [0.1, 0.15) is 38.9 Å². The van der Waals surface area contributed by atoms with Crippen molar-refractivity contribution in [3.8, 4) is 33.4 Å². The molecule has 198 valence electrons. The minimum atomic E-state index is -0.428. The van der Waals surface area contributed by atoms with Crippen molar-refractivity contribution in [3.05, 3.63) is 177 Å². The second-order valence-electron chi connectivity index (χ2n) is 11.3. The van der Waals surface area contributed by atoms with E-state index < -0.39 is 5.41 Å². The van der Waals surface area contributed by atoms with Gasteiger partial charge in [0.1, 0.15) is 0 Å². The average Bonchev–Trinajstić information content (AvgIpc) is 3.27. The maximum atomic E-state index is 3.82. The van der Waals surface area contributed by atoms with Gasteiger partial charge in [-0.3, -0.25) is 0 Å². The summed E-state index contributed by atoms with van der Waals surface area (Å²) in [5, 5.41) is 0. The molecule has 0 amide bonds. The SMILES string of the molecule is Cc1ccc(-c2ccc(-c3ccc4c(c3)C(c3ccccc3C)(c3ccccc3C)c3cc(Br)ccc3-4)cc2)cc1. The number of benzene rings is 6. The molecule has 0 heterocycles. The molecule has 0 bridgehead atoms. The molecule has 0 N–H and O–H groups in total. The monoisotopic (exact) mass is 590 g/mol. The second-order valence-corrected chi connectivity index (χ2v) is 12.2. The topological polar surface area (TPSA) is 0 Å². The van der Waals surface area contributed by atoms with Crippen LogP contribution in [-0.4, -0.2) is 0 Å². The predicted octanol–water partition coefficient (Wildman–Crippen LogP) is 11.1. The molecule has 6 aromatic carbocycles. The lowest BCUT2D eigenvalue weighted by Crippen LogP contribution is -2.30. The molecule has 1 aliphatic carbocycles. The van der Waals surface area contributed by atoms with Gasteiger partial charge in [0.15, 0.2) is 0 Å². The number of aryl methyl sites for hydroxylation is 3. The van der Waals surface area contributed by atoms with Gasteiger partial charge in [-0.2, -0.15) is 0 Å². The Morgan fingerprint density at radius 3 is 1.41 bits per heavy atom. The van der Waals surface area contributed by atoms with E-state index in [-0.39, 0.29) is 0 Å². The lowest BCUT2D eigenvalue weighted by atomic mass is 9.65. The molecule has 0 saturated carbocycles. The first kappa shape index (κ1) is 25.7. The van der Waals surface area contributed by atoms with Gasteiger partial charge in [-0.15, -0.1) is 0 Å². The van der Waals surface area contributed by atoms with Crippen LogP contribution in [0.3, 0.4) is 0 Å². The smallest absolute Gasteiger partial charge is 0.0620 e. The Kier molecular flexibility index (Phi) is 6.29. The fourth-order valence-corrected chi connectivity index (χ4v) is 7.15. The molecule has 41 heavy (non-hydrogen) atoms. The minimum Gasteiger partial charge on any atom is -0.0620 e. The quantitative estimate of drug-likeness (QED) is 0.191. The third kappa shape index (κ3) is 4.11. The molecule has 0 radical (unpaired) electrons. The molecule has 6 aromatic rings. The first-order chi connectivity index (χ1) is 20.0. The van der Waals surface area contributed by atoms with Gasteiger partial charge in [0.2, 0.25) is 0 Å². The Hall–Kier alpha value is -4.20. The van der Waals surface area contributed by atoms with Gasteiger partial charge < -0.3 is 0 Å². The van der Waals surface area contributed by atoms with E-state index >= 15 is 0 Å². The Morgan fingerprint density at radius 1 is 0.415 bits per heavy atom.